The zero-order chi connectivity index (χ0) is 12.4. The van der Waals surface area contributed by atoms with Gasteiger partial charge in [0.1, 0.15) is 0 Å². The molecule has 0 aromatic carbocycles. The highest BCUT2D eigenvalue weighted by atomic mass is 32.2. The minimum Gasteiger partial charge on any atom is -0.498 e. The number of thioether (sulfide) groups is 1. The number of allylic oxidation sites excluding steroid dienone is 2. The van der Waals surface area contributed by atoms with Gasteiger partial charge < -0.3 is 4.74 Å². The van der Waals surface area contributed by atoms with Gasteiger partial charge in [-0.2, -0.15) is 11.8 Å². The molecule has 16 heavy (non-hydrogen) atoms. The van der Waals surface area contributed by atoms with Gasteiger partial charge in [0.05, 0.1) is 12.4 Å². The zero-order valence-electron chi connectivity index (χ0n) is 11.6. The largest absolute Gasteiger partial charge is 0.498 e. The van der Waals surface area contributed by atoms with Crippen molar-refractivity contribution in [2.24, 2.45) is 5.41 Å². The Morgan fingerprint density at radius 3 is 2.44 bits per heavy atom. The van der Waals surface area contributed by atoms with Gasteiger partial charge in [0.15, 0.2) is 0 Å². The minimum absolute atomic E-state index is 0.221. The number of hydrogen-bond donors (Lipinski definition) is 0. The average Bonchev–Trinajstić information content (AvgIpc) is 2.16. The summed E-state index contributed by atoms with van der Waals surface area (Å²) in [5.74, 6) is 3.55. The lowest BCUT2D eigenvalue weighted by Crippen LogP contribution is -2.05. The predicted molar refractivity (Wildman–Crippen MR) is 76.0 cm³/mol. The van der Waals surface area contributed by atoms with E-state index in [9.17, 15) is 0 Å². The molecule has 0 aromatic rings. The van der Waals surface area contributed by atoms with Crippen molar-refractivity contribution >= 4 is 11.8 Å². The summed E-state index contributed by atoms with van der Waals surface area (Å²) in [4.78, 5) is 0. The van der Waals surface area contributed by atoms with Gasteiger partial charge in [-0.1, -0.05) is 41.0 Å². The van der Waals surface area contributed by atoms with Crippen molar-refractivity contribution in [1.82, 2.24) is 0 Å². The summed E-state index contributed by atoms with van der Waals surface area (Å²) in [6, 6.07) is 0. The van der Waals surface area contributed by atoms with E-state index >= 15 is 0 Å². The molecule has 0 N–H and O–H groups in total. The molecule has 0 fully saturated rings. The van der Waals surface area contributed by atoms with Crippen LogP contribution in [-0.2, 0) is 4.74 Å². The lowest BCUT2D eigenvalue weighted by molar-refractivity contribution is 0.195. The van der Waals surface area contributed by atoms with E-state index in [0.29, 0.717) is 0 Å². The molecule has 96 valence electrons. The second kappa shape index (κ2) is 8.98. The molecular weight excluding hydrogens is 216 g/mol. The van der Waals surface area contributed by atoms with Gasteiger partial charge in [0.2, 0.25) is 0 Å². The molecule has 1 nitrogen and oxygen atoms in total. The fraction of sp³-hybridized carbons (Fsp3) is 0.857. The first-order valence-electron chi connectivity index (χ1n) is 6.42. The first-order valence-corrected chi connectivity index (χ1v) is 7.57. The van der Waals surface area contributed by atoms with Crippen LogP contribution in [0.4, 0.5) is 0 Å². The molecule has 0 rings (SSSR count). The van der Waals surface area contributed by atoms with E-state index in [2.05, 4.69) is 40.7 Å². The van der Waals surface area contributed by atoms with Crippen LogP contribution in [0, 0.1) is 5.41 Å². The molecule has 0 aliphatic heterocycles. The van der Waals surface area contributed by atoms with Gasteiger partial charge in [-0.3, -0.25) is 0 Å². The Kier molecular flexibility index (Phi) is 8.91. The molecule has 0 aromatic heterocycles. The van der Waals surface area contributed by atoms with Crippen LogP contribution in [0.3, 0.4) is 0 Å². The third kappa shape index (κ3) is 10.4. The van der Waals surface area contributed by atoms with Crippen molar-refractivity contribution in [3.8, 4) is 0 Å². The van der Waals surface area contributed by atoms with Crippen molar-refractivity contribution in [2.45, 2.75) is 53.9 Å². The zero-order valence-corrected chi connectivity index (χ0v) is 12.5. The summed E-state index contributed by atoms with van der Waals surface area (Å²) in [5.41, 5.74) is 0.221. The number of hydrogen-bond acceptors (Lipinski definition) is 2. The highest BCUT2D eigenvalue weighted by Gasteiger charge is 2.09. The quantitative estimate of drug-likeness (QED) is 0.445. The number of ether oxygens (including phenoxy) is 1. The second-order valence-corrected chi connectivity index (χ2v) is 6.52. The molecule has 2 heteroatoms. The van der Waals surface area contributed by atoms with Gasteiger partial charge in [0, 0.05) is 12.2 Å². The van der Waals surface area contributed by atoms with Crippen LogP contribution >= 0.6 is 11.8 Å². The smallest absolute Gasteiger partial charge is 0.0933 e. The molecule has 0 saturated heterocycles. The maximum absolute atomic E-state index is 5.85. The Bertz CT molecular complexity index is 179. The Morgan fingerprint density at radius 2 is 1.94 bits per heavy atom. The maximum atomic E-state index is 5.85. The molecule has 0 aliphatic rings. The van der Waals surface area contributed by atoms with Crippen molar-refractivity contribution in [2.75, 3.05) is 18.1 Å². The van der Waals surface area contributed by atoms with Gasteiger partial charge >= 0.3 is 0 Å². The van der Waals surface area contributed by atoms with E-state index < -0.39 is 0 Å². The summed E-state index contributed by atoms with van der Waals surface area (Å²) < 4.78 is 5.85. The van der Waals surface area contributed by atoms with Crippen LogP contribution in [0.5, 0.6) is 0 Å². The van der Waals surface area contributed by atoms with Crippen LogP contribution in [-0.4, -0.2) is 18.1 Å². The normalized spacial score (nSPS) is 12.9. The van der Waals surface area contributed by atoms with Crippen molar-refractivity contribution in [1.29, 1.82) is 0 Å². The Morgan fingerprint density at radius 1 is 1.25 bits per heavy atom. The van der Waals surface area contributed by atoms with E-state index in [0.717, 1.165) is 19.4 Å². The second-order valence-electron chi connectivity index (χ2n) is 5.13. The highest BCUT2D eigenvalue weighted by Crippen LogP contribution is 2.21. The summed E-state index contributed by atoms with van der Waals surface area (Å²) in [6.45, 7) is 11.9. The van der Waals surface area contributed by atoms with Crippen LogP contribution in [0.25, 0.3) is 0 Å². The maximum Gasteiger partial charge on any atom is 0.0933 e. The van der Waals surface area contributed by atoms with Crippen LogP contribution in [0.1, 0.15) is 53.9 Å². The molecule has 0 radical (unpaired) electrons. The van der Waals surface area contributed by atoms with E-state index in [1.807, 2.05) is 11.8 Å². The topological polar surface area (TPSA) is 9.23 Å². The number of unbranched alkanes of at least 4 members (excludes halogenated alkanes) is 1. The van der Waals surface area contributed by atoms with Crippen molar-refractivity contribution in [3.63, 3.8) is 0 Å². The predicted octanol–water partition coefficient (Wildman–Crippen LogP) is 4.88. The molecule has 0 aliphatic carbocycles. The van der Waals surface area contributed by atoms with Crippen LogP contribution in [0.15, 0.2) is 11.8 Å². The molecule has 0 bridgehead atoms. The first kappa shape index (κ1) is 15.9. The Labute approximate surface area is 106 Å². The molecule has 0 saturated carbocycles. The van der Waals surface area contributed by atoms with Gasteiger partial charge in [-0.05, 0) is 23.7 Å². The lowest BCUT2D eigenvalue weighted by Gasteiger charge is -2.17. The Balaban J connectivity index is 4.11. The van der Waals surface area contributed by atoms with E-state index in [1.165, 1.54) is 23.7 Å². The van der Waals surface area contributed by atoms with E-state index in [-0.39, 0.29) is 5.41 Å². The van der Waals surface area contributed by atoms with Gasteiger partial charge in [-0.15, -0.1) is 0 Å². The third-order valence-corrected chi connectivity index (χ3v) is 2.98. The van der Waals surface area contributed by atoms with Gasteiger partial charge in [-0.25, -0.2) is 0 Å². The monoisotopic (exact) mass is 244 g/mol. The molecule has 0 atom stereocenters. The molecule has 0 heterocycles. The highest BCUT2D eigenvalue weighted by molar-refractivity contribution is 7.99. The van der Waals surface area contributed by atoms with Gasteiger partial charge in [0.25, 0.3) is 0 Å². The average molecular weight is 244 g/mol. The summed E-state index contributed by atoms with van der Waals surface area (Å²) in [5, 5.41) is 0. The minimum atomic E-state index is 0.221. The molecule has 0 amide bonds. The molecule has 0 spiro atoms. The van der Waals surface area contributed by atoms with Crippen LogP contribution < -0.4 is 0 Å². The fourth-order valence-corrected chi connectivity index (χ4v) is 1.97. The van der Waals surface area contributed by atoms with E-state index in [1.54, 1.807) is 0 Å². The van der Waals surface area contributed by atoms with E-state index in [4.69, 9.17) is 4.74 Å². The van der Waals surface area contributed by atoms with Crippen molar-refractivity contribution in [3.05, 3.63) is 11.8 Å². The van der Waals surface area contributed by atoms with Crippen LogP contribution in [0.2, 0.25) is 0 Å². The Hall–Kier alpha value is -0.110. The number of rotatable bonds is 8. The van der Waals surface area contributed by atoms with Crippen molar-refractivity contribution < 1.29 is 4.74 Å². The summed E-state index contributed by atoms with van der Waals surface area (Å²) in [6.07, 6.45) is 5.70. The fourth-order valence-electron chi connectivity index (χ4n) is 1.33. The molecular formula is C14H28OS. The first-order chi connectivity index (χ1) is 7.49. The lowest BCUT2D eigenvalue weighted by atomic mass is 9.95. The summed E-state index contributed by atoms with van der Waals surface area (Å²) >= 11 is 1.98. The third-order valence-electron chi connectivity index (χ3n) is 2.08. The summed E-state index contributed by atoms with van der Waals surface area (Å²) in [7, 11) is 0. The molecule has 0 unspecified atom stereocenters. The standard InChI is InChI=1S/C14H28OS/c1-6-8-10-15-13(9-11-16-7-2)12-14(3,4)5/h12H,6-11H2,1-5H3. The SMILES string of the molecule is CCCCOC(=CC(C)(C)C)CCSCC.